The van der Waals surface area contributed by atoms with Gasteiger partial charge in [-0.3, -0.25) is 0 Å². The zero-order valence-corrected chi connectivity index (χ0v) is 12.2. The van der Waals surface area contributed by atoms with Crippen molar-refractivity contribution in [3.05, 3.63) is 28.5 Å². The van der Waals surface area contributed by atoms with E-state index in [2.05, 4.69) is 26.1 Å². The Labute approximate surface area is 124 Å². The molecule has 2 saturated heterocycles. The van der Waals surface area contributed by atoms with Crippen molar-refractivity contribution in [1.82, 2.24) is 10.1 Å². The van der Waals surface area contributed by atoms with E-state index in [0.717, 1.165) is 25.1 Å². The number of hydrogen-bond donors (Lipinski definition) is 1. The largest absolute Gasteiger partial charge is 0.507 e. The van der Waals surface area contributed by atoms with E-state index in [-0.39, 0.29) is 17.8 Å². The molecule has 2 aliphatic heterocycles. The van der Waals surface area contributed by atoms with Crippen LogP contribution in [0.2, 0.25) is 0 Å². The number of phenolic OH excluding ortho intramolecular Hbond substituents is 1. The number of aromatic hydroxyl groups is 1. The number of fused-ring (bicyclic) bond motifs is 2. The molecule has 3 heterocycles. The van der Waals surface area contributed by atoms with Gasteiger partial charge in [-0.25, -0.2) is 0 Å². The summed E-state index contributed by atoms with van der Waals surface area (Å²) < 4.78 is 11.8. The van der Waals surface area contributed by atoms with Crippen LogP contribution in [0, 0.1) is 0 Å². The highest BCUT2D eigenvalue weighted by Crippen LogP contribution is 2.43. The van der Waals surface area contributed by atoms with E-state index < -0.39 is 0 Å². The Morgan fingerprint density at radius 2 is 2.20 bits per heavy atom. The molecule has 6 heteroatoms. The van der Waals surface area contributed by atoms with Gasteiger partial charge in [-0.2, -0.15) is 4.98 Å². The molecule has 2 fully saturated rings. The van der Waals surface area contributed by atoms with Crippen LogP contribution in [0.25, 0.3) is 11.5 Å². The molecule has 1 N–H and O–H groups in total. The molecule has 2 aromatic rings. The highest BCUT2D eigenvalue weighted by atomic mass is 79.9. The minimum absolute atomic E-state index is 0.158. The van der Waals surface area contributed by atoms with Crippen molar-refractivity contribution in [3.63, 3.8) is 0 Å². The van der Waals surface area contributed by atoms with E-state index in [9.17, 15) is 5.11 Å². The first kappa shape index (κ1) is 12.3. The van der Waals surface area contributed by atoms with Crippen molar-refractivity contribution < 1.29 is 14.4 Å². The van der Waals surface area contributed by atoms with Crippen molar-refractivity contribution in [2.45, 2.75) is 37.4 Å². The predicted octanol–water partition coefficient (Wildman–Crippen LogP) is 3.24. The van der Waals surface area contributed by atoms with Crippen molar-refractivity contribution in [2.75, 3.05) is 0 Å². The molecule has 2 bridgehead atoms. The minimum atomic E-state index is 0.158. The van der Waals surface area contributed by atoms with Crippen molar-refractivity contribution >= 4 is 15.9 Å². The van der Waals surface area contributed by atoms with Gasteiger partial charge in [0.15, 0.2) is 5.82 Å². The normalized spacial score (nSPS) is 28.1. The molecule has 104 valence electrons. The molecular formula is C14H13BrN2O3. The number of halogens is 1. The van der Waals surface area contributed by atoms with Crippen LogP contribution in [0.5, 0.6) is 5.75 Å². The third-order valence-corrected chi connectivity index (χ3v) is 4.74. The second-order valence-electron chi connectivity index (χ2n) is 5.34. The summed E-state index contributed by atoms with van der Waals surface area (Å²) in [5, 5.41) is 13.8. The molecule has 0 saturated carbocycles. The lowest BCUT2D eigenvalue weighted by molar-refractivity contribution is 0.0996. The maximum Gasteiger partial charge on any atom is 0.258 e. The number of ether oxygens (including phenoxy) is 1. The topological polar surface area (TPSA) is 68.4 Å². The highest BCUT2D eigenvalue weighted by Gasteiger charge is 2.43. The van der Waals surface area contributed by atoms with E-state index in [4.69, 9.17) is 9.26 Å². The van der Waals surface area contributed by atoms with Crippen LogP contribution in [0.15, 0.2) is 27.2 Å². The summed E-state index contributed by atoms with van der Waals surface area (Å²) in [7, 11) is 0. The lowest BCUT2D eigenvalue weighted by Gasteiger charge is -2.13. The van der Waals surface area contributed by atoms with Crippen LogP contribution in [0.1, 0.15) is 31.0 Å². The molecule has 4 rings (SSSR count). The van der Waals surface area contributed by atoms with Crippen LogP contribution in [-0.2, 0) is 4.74 Å². The van der Waals surface area contributed by atoms with Gasteiger partial charge in [0.25, 0.3) is 5.89 Å². The van der Waals surface area contributed by atoms with Crippen molar-refractivity contribution in [2.24, 2.45) is 0 Å². The lowest BCUT2D eigenvalue weighted by atomic mass is 9.89. The molecule has 1 aromatic heterocycles. The molecule has 1 aromatic carbocycles. The van der Waals surface area contributed by atoms with Crippen molar-refractivity contribution in [3.8, 4) is 17.2 Å². The number of hydrogen-bond acceptors (Lipinski definition) is 5. The molecule has 3 atom stereocenters. The maximum atomic E-state index is 9.71. The summed E-state index contributed by atoms with van der Waals surface area (Å²) in [6.07, 6.45) is 3.81. The number of nitrogens with zero attached hydrogens (tertiary/aromatic N) is 2. The monoisotopic (exact) mass is 336 g/mol. The molecule has 0 amide bonds. The third-order valence-electron chi connectivity index (χ3n) is 4.07. The van der Waals surface area contributed by atoms with Gasteiger partial charge in [-0.05, 0) is 53.4 Å². The van der Waals surface area contributed by atoms with Gasteiger partial charge in [-0.1, -0.05) is 5.16 Å². The molecule has 0 aliphatic carbocycles. The Morgan fingerprint density at radius 1 is 1.30 bits per heavy atom. The highest BCUT2D eigenvalue weighted by molar-refractivity contribution is 9.10. The third kappa shape index (κ3) is 1.94. The quantitative estimate of drug-likeness (QED) is 0.911. The van der Waals surface area contributed by atoms with Gasteiger partial charge in [-0.15, -0.1) is 0 Å². The average Bonchev–Trinajstić information content (AvgIpc) is 3.16. The number of rotatable bonds is 2. The fourth-order valence-corrected chi connectivity index (χ4v) is 3.30. The fraction of sp³-hybridized carbons (Fsp3) is 0.429. The molecule has 0 spiro atoms. The Balaban J connectivity index is 1.63. The van der Waals surface area contributed by atoms with Gasteiger partial charge in [0.2, 0.25) is 0 Å². The van der Waals surface area contributed by atoms with Crippen molar-refractivity contribution in [1.29, 1.82) is 0 Å². The number of aromatic nitrogens is 2. The van der Waals surface area contributed by atoms with E-state index >= 15 is 0 Å². The molecule has 2 aliphatic rings. The van der Waals surface area contributed by atoms with Gasteiger partial charge >= 0.3 is 0 Å². The van der Waals surface area contributed by atoms with Crippen LogP contribution >= 0.6 is 15.9 Å². The van der Waals surface area contributed by atoms with Gasteiger partial charge in [0.1, 0.15) is 5.75 Å². The zero-order valence-electron chi connectivity index (χ0n) is 10.6. The summed E-state index contributed by atoms with van der Waals surface area (Å²) in [6, 6.07) is 5.20. The summed E-state index contributed by atoms with van der Waals surface area (Å²) >= 11 is 3.25. The standard InChI is InChI=1S/C14H13BrN2O3/c15-10-3-1-7(5-11(10)18)14-16-13(17-20-14)9-6-8-2-4-12(9)19-8/h1,3,5,8-9,12,18H,2,4,6H2. The first-order chi connectivity index (χ1) is 9.70. The molecule has 20 heavy (non-hydrogen) atoms. The molecule has 3 unspecified atom stereocenters. The Morgan fingerprint density at radius 3 is 2.90 bits per heavy atom. The van der Waals surface area contributed by atoms with E-state index in [1.807, 2.05) is 6.07 Å². The minimum Gasteiger partial charge on any atom is -0.507 e. The van der Waals surface area contributed by atoms with E-state index in [0.29, 0.717) is 22.0 Å². The number of phenols is 1. The van der Waals surface area contributed by atoms with Gasteiger partial charge < -0.3 is 14.4 Å². The van der Waals surface area contributed by atoms with Gasteiger partial charge in [0.05, 0.1) is 22.6 Å². The molecular weight excluding hydrogens is 324 g/mol. The van der Waals surface area contributed by atoms with E-state index in [1.165, 1.54) is 0 Å². The maximum absolute atomic E-state index is 9.71. The summed E-state index contributed by atoms with van der Waals surface area (Å²) in [6.45, 7) is 0. The SMILES string of the molecule is Oc1cc(-c2nc(C3CC4CCC3O4)no2)ccc1Br. The Hall–Kier alpha value is -1.40. The van der Waals surface area contributed by atoms with Crippen LogP contribution in [0.4, 0.5) is 0 Å². The van der Waals surface area contributed by atoms with E-state index in [1.54, 1.807) is 12.1 Å². The van der Waals surface area contributed by atoms with Crippen LogP contribution < -0.4 is 0 Å². The molecule has 5 nitrogen and oxygen atoms in total. The number of benzene rings is 1. The predicted molar refractivity (Wildman–Crippen MR) is 74.4 cm³/mol. The van der Waals surface area contributed by atoms with Gasteiger partial charge in [0, 0.05) is 5.56 Å². The fourth-order valence-electron chi connectivity index (χ4n) is 3.06. The first-order valence-electron chi connectivity index (χ1n) is 6.68. The Kier molecular flexibility index (Phi) is 2.82. The molecule has 0 radical (unpaired) electrons. The average molecular weight is 337 g/mol. The first-order valence-corrected chi connectivity index (χ1v) is 7.48. The zero-order chi connectivity index (χ0) is 13.7. The smallest absolute Gasteiger partial charge is 0.258 e. The second-order valence-corrected chi connectivity index (χ2v) is 6.19. The Bertz CT molecular complexity index is 658. The summed E-state index contributed by atoms with van der Waals surface area (Å²) in [5.41, 5.74) is 0.716. The van der Waals surface area contributed by atoms with Crippen LogP contribution in [-0.4, -0.2) is 27.5 Å². The second kappa shape index (κ2) is 4.56. The van der Waals surface area contributed by atoms with Crippen LogP contribution in [0.3, 0.4) is 0 Å². The lowest BCUT2D eigenvalue weighted by Crippen LogP contribution is -2.15. The summed E-state index contributed by atoms with van der Waals surface area (Å²) in [5.74, 6) is 1.56. The summed E-state index contributed by atoms with van der Waals surface area (Å²) in [4.78, 5) is 4.47.